The summed E-state index contributed by atoms with van der Waals surface area (Å²) in [6, 6.07) is 16.4. The van der Waals surface area contributed by atoms with Crippen molar-refractivity contribution < 1.29 is 13.2 Å². The zero-order chi connectivity index (χ0) is 20.5. The van der Waals surface area contributed by atoms with E-state index in [1.54, 1.807) is 28.6 Å². The van der Waals surface area contributed by atoms with E-state index in [1.165, 1.54) is 0 Å². The average molecular weight is 413 g/mol. The van der Waals surface area contributed by atoms with E-state index in [0.29, 0.717) is 12.1 Å². The van der Waals surface area contributed by atoms with Crippen LogP contribution in [0.4, 0.5) is 0 Å². The van der Waals surface area contributed by atoms with Crippen LogP contribution in [0.1, 0.15) is 61.4 Å². The first-order valence-corrected chi connectivity index (χ1v) is 11.9. The summed E-state index contributed by atoms with van der Waals surface area (Å²) < 4.78 is 27.5. The molecule has 0 aromatic heterocycles. The molecule has 1 amide bonds. The van der Waals surface area contributed by atoms with Crippen molar-refractivity contribution in [3.8, 4) is 0 Å². The van der Waals surface area contributed by atoms with Crippen molar-refractivity contribution in [2.75, 3.05) is 6.54 Å². The number of rotatable bonds is 5. The van der Waals surface area contributed by atoms with Gasteiger partial charge in [-0.05, 0) is 68.9 Å². The molecule has 0 radical (unpaired) electrons. The van der Waals surface area contributed by atoms with Crippen LogP contribution in [0.5, 0.6) is 0 Å². The van der Waals surface area contributed by atoms with Gasteiger partial charge in [0.05, 0.1) is 10.4 Å². The molecule has 1 N–H and O–H groups in total. The molecular weight excluding hydrogens is 384 g/mol. The second-order valence-corrected chi connectivity index (χ2v) is 10.1. The van der Waals surface area contributed by atoms with Crippen molar-refractivity contribution in [3.63, 3.8) is 0 Å². The van der Waals surface area contributed by atoms with Crippen molar-refractivity contribution >= 4 is 15.9 Å². The molecule has 2 aromatic rings. The number of carbonyl (C=O) groups is 1. The third-order valence-corrected chi connectivity index (χ3v) is 8.38. The molecule has 1 saturated carbocycles. The Balaban J connectivity index is 1.51. The molecule has 1 saturated heterocycles. The quantitative estimate of drug-likeness (QED) is 0.805. The lowest BCUT2D eigenvalue weighted by molar-refractivity contribution is 0.0823. The topological polar surface area (TPSA) is 66.5 Å². The molecule has 6 heteroatoms. The maximum absolute atomic E-state index is 13.0. The van der Waals surface area contributed by atoms with E-state index in [1.807, 2.05) is 25.1 Å². The summed E-state index contributed by atoms with van der Waals surface area (Å²) in [7, 11) is -3.52. The van der Waals surface area contributed by atoms with Gasteiger partial charge >= 0.3 is 0 Å². The highest BCUT2D eigenvalue weighted by Gasteiger charge is 2.40. The van der Waals surface area contributed by atoms with Gasteiger partial charge < -0.3 is 5.32 Å². The van der Waals surface area contributed by atoms with Crippen LogP contribution in [0.25, 0.3) is 0 Å². The number of hydrogen-bond donors (Lipinski definition) is 1. The van der Waals surface area contributed by atoms with E-state index < -0.39 is 10.0 Å². The highest BCUT2D eigenvalue weighted by atomic mass is 32.2. The van der Waals surface area contributed by atoms with Crippen LogP contribution in [-0.2, 0) is 15.6 Å². The monoisotopic (exact) mass is 412 g/mol. The Labute approximate surface area is 173 Å². The molecule has 2 fully saturated rings. The third kappa shape index (κ3) is 3.83. The number of piperidine rings is 1. The molecule has 2 aromatic carbocycles. The van der Waals surface area contributed by atoms with Crippen LogP contribution >= 0.6 is 0 Å². The van der Waals surface area contributed by atoms with Crippen LogP contribution in [-0.4, -0.2) is 31.2 Å². The largest absolute Gasteiger partial charge is 0.343 e. The molecule has 0 bridgehead atoms. The van der Waals surface area contributed by atoms with Gasteiger partial charge in [0.2, 0.25) is 10.0 Å². The minimum atomic E-state index is -3.52. The van der Waals surface area contributed by atoms with Crippen LogP contribution in [0.3, 0.4) is 0 Å². The SMILES string of the molecule is CC1CCCCN1S(=O)(=O)c1ccc(C(=O)NC2(c3ccccc3)CCC2)cc1. The van der Waals surface area contributed by atoms with Crippen LogP contribution in [0.15, 0.2) is 59.5 Å². The lowest BCUT2D eigenvalue weighted by Gasteiger charge is -2.43. The Morgan fingerprint density at radius 2 is 1.69 bits per heavy atom. The summed E-state index contributed by atoms with van der Waals surface area (Å²) in [5.41, 5.74) is 1.29. The van der Waals surface area contributed by atoms with Gasteiger partial charge in [0.1, 0.15) is 0 Å². The van der Waals surface area contributed by atoms with E-state index in [-0.39, 0.29) is 22.4 Å². The number of hydrogen-bond acceptors (Lipinski definition) is 3. The smallest absolute Gasteiger partial charge is 0.251 e. The fraction of sp³-hybridized carbons (Fsp3) is 0.435. The fourth-order valence-corrected chi connectivity index (χ4v) is 6.10. The summed E-state index contributed by atoms with van der Waals surface area (Å²) in [6.45, 7) is 2.52. The number of nitrogens with one attached hydrogen (secondary N) is 1. The van der Waals surface area contributed by atoms with E-state index in [9.17, 15) is 13.2 Å². The number of amides is 1. The summed E-state index contributed by atoms with van der Waals surface area (Å²) in [6.07, 6.45) is 5.77. The van der Waals surface area contributed by atoms with E-state index in [0.717, 1.165) is 44.1 Å². The molecule has 1 aliphatic carbocycles. The Bertz CT molecular complexity index is 967. The Hall–Kier alpha value is -2.18. The Morgan fingerprint density at radius 3 is 2.28 bits per heavy atom. The highest BCUT2D eigenvalue weighted by Crippen LogP contribution is 2.41. The predicted octanol–water partition coefficient (Wildman–Crippen LogP) is 4.06. The van der Waals surface area contributed by atoms with Gasteiger partial charge in [-0.25, -0.2) is 8.42 Å². The predicted molar refractivity (Wildman–Crippen MR) is 113 cm³/mol. The molecule has 4 rings (SSSR count). The van der Waals surface area contributed by atoms with Crippen molar-refractivity contribution in [1.29, 1.82) is 0 Å². The minimum Gasteiger partial charge on any atom is -0.343 e. The zero-order valence-corrected chi connectivity index (χ0v) is 17.6. The van der Waals surface area contributed by atoms with Crippen LogP contribution in [0.2, 0.25) is 0 Å². The summed E-state index contributed by atoms with van der Waals surface area (Å²) in [5, 5.41) is 3.19. The van der Waals surface area contributed by atoms with Gasteiger partial charge in [-0.15, -0.1) is 0 Å². The van der Waals surface area contributed by atoms with Crippen molar-refractivity contribution in [2.45, 2.75) is 61.9 Å². The molecule has 1 atom stereocenters. The highest BCUT2D eigenvalue weighted by molar-refractivity contribution is 7.89. The van der Waals surface area contributed by atoms with Crippen molar-refractivity contribution in [3.05, 3.63) is 65.7 Å². The van der Waals surface area contributed by atoms with E-state index in [2.05, 4.69) is 17.4 Å². The standard InChI is InChI=1S/C23H28N2O3S/c1-18-8-5-6-17-25(18)29(27,28)21-13-11-19(12-14-21)22(26)24-23(15-7-16-23)20-9-3-2-4-10-20/h2-4,9-14,18H,5-8,15-17H2,1H3,(H,24,26). The second-order valence-electron chi connectivity index (χ2n) is 8.24. The molecule has 1 heterocycles. The molecule has 0 spiro atoms. The number of sulfonamides is 1. The van der Waals surface area contributed by atoms with Crippen molar-refractivity contribution in [1.82, 2.24) is 9.62 Å². The van der Waals surface area contributed by atoms with Crippen molar-refractivity contribution in [2.24, 2.45) is 0 Å². The number of nitrogens with zero attached hydrogens (tertiary/aromatic N) is 1. The molecule has 1 aliphatic heterocycles. The molecule has 1 unspecified atom stereocenters. The van der Waals surface area contributed by atoms with Gasteiger partial charge in [-0.2, -0.15) is 4.31 Å². The lowest BCUT2D eigenvalue weighted by Crippen LogP contribution is -2.50. The van der Waals surface area contributed by atoms with Crippen LogP contribution < -0.4 is 5.32 Å². The lowest BCUT2D eigenvalue weighted by atomic mass is 9.71. The van der Waals surface area contributed by atoms with Gasteiger partial charge in [0, 0.05) is 18.2 Å². The van der Waals surface area contributed by atoms with Crippen LogP contribution in [0, 0.1) is 0 Å². The second kappa shape index (κ2) is 7.92. The van der Waals surface area contributed by atoms with Gasteiger partial charge in [0.15, 0.2) is 0 Å². The summed E-state index contributed by atoms with van der Waals surface area (Å²) >= 11 is 0. The Morgan fingerprint density at radius 1 is 1.00 bits per heavy atom. The zero-order valence-electron chi connectivity index (χ0n) is 16.8. The number of benzene rings is 2. The maximum atomic E-state index is 13.0. The first kappa shape index (κ1) is 20.1. The Kier molecular flexibility index (Phi) is 5.49. The van der Waals surface area contributed by atoms with E-state index in [4.69, 9.17) is 0 Å². The normalized spacial score (nSPS) is 21.9. The van der Waals surface area contributed by atoms with Gasteiger partial charge in [0.25, 0.3) is 5.91 Å². The first-order valence-electron chi connectivity index (χ1n) is 10.4. The molecule has 5 nitrogen and oxygen atoms in total. The summed E-state index contributed by atoms with van der Waals surface area (Å²) in [5.74, 6) is -0.163. The minimum absolute atomic E-state index is 0.0149. The molecule has 154 valence electrons. The maximum Gasteiger partial charge on any atom is 0.251 e. The average Bonchev–Trinajstić information content (AvgIpc) is 2.71. The number of carbonyl (C=O) groups excluding carboxylic acids is 1. The van der Waals surface area contributed by atoms with Gasteiger partial charge in [-0.3, -0.25) is 4.79 Å². The van der Waals surface area contributed by atoms with Gasteiger partial charge in [-0.1, -0.05) is 36.8 Å². The fourth-order valence-electron chi connectivity index (χ4n) is 4.41. The third-order valence-electron chi connectivity index (χ3n) is 6.35. The molecule has 29 heavy (non-hydrogen) atoms. The first-order chi connectivity index (χ1) is 13.9. The summed E-state index contributed by atoms with van der Waals surface area (Å²) in [4.78, 5) is 13.1. The molecule has 2 aliphatic rings. The molecular formula is C23H28N2O3S. The van der Waals surface area contributed by atoms with E-state index >= 15 is 0 Å².